The third kappa shape index (κ3) is 3.30. The molecule has 16 heavy (non-hydrogen) atoms. The molecule has 4 heteroatoms. The van der Waals surface area contributed by atoms with Gasteiger partial charge in [-0.15, -0.1) is 0 Å². The van der Waals surface area contributed by atoms with Gasteiger partial charge in [0.1, 0.15) is 0 Å². The highest BCUT2D eigenvalue weighted by Gasteiger charge is 2.41. The molecule has 0 aromatic heterocycles. The molecule has 1 aliphatic rings. The largest absolute Gasteiger partial charge is 0.330 e. The van der Waals surface area contributed by atoms with Crippen LogP contribution in [-0.4, -0.2) is 17.9 Å². The average Bonchev–Trinajstić information content (AvgIpc) is 2.34. The minimum Gasteiger partial charge on any atom is -0.301 e. The highest BCUT2D eigenvalue weighted by atomic mass is 17.2. The van der Waals surface area contributed by atoms with Crippen LogP contribution in [0.15, 0.2) is 0 Å². The molecule has 1 saturated carbocycles. The van der Waals surface area contributed by atoms with Crippen molar-refractivity contribution in [2.45, 2.75) is 63.9 Å². The molecular weight excluding hydrogens is 208 g/mol. The van der Waals surface area contributed by atoms with E-state index in [1.807, 2.05) is 6.92 Å². The Hall–Kier alpha value is -0.900. The minimum absolute atomic E-state index is 0.0795. The Morgan fingerprint density at radius 1 is 1.31 bits per heavy atom. The van der Waals surface area contributed by atoms with Crippen LogP contribution < -0.4 is 0 Å². The molecule has 1 fully saturated rings. The van der Waals surface area contributed by atoms with Gasteiger partial charge >= 0.3 is 6.47 Å². The third-order valence-electron chi connectivity index (χ3n) is 3.17. The van der Waals surface area contributed by atoms with E-state index in [1.54, 1.807) is 0 Å². The summed E-state index contributed by atoms with van der Waals surface area (Å²) < 4.78 is 0. The first-order valence-corrected chi connectivity index (χ1v) is 6.06. The molecule has 4 nitrogen and oxygen atoms in total. The summed E-state index contributed by atoms with van der Waals surface area (Å²) in [6.07, 6.45) is 6.74. The van der Waals surface area contributed by atoms with Gasteiger partial charge in [-0.2, -0.15) is 4.89 Å². The van der Waals surface area contributed by atoms with Crippen molar-refractivity contribution in [2.75, 3.05) is 0 Å². The first kappa shape index (κ1) is 13.2. The Morgan fingerprint density at radius 2 is 2.00 bits per heavy atom. The number of Topliss-reactive ketones (excluding diaryl/α,β-unsaturated/α-hetero) is 1. The van der Waals surface area contributed by atoms with Gasteiger partial charge in [0.05, 0.1) is 0 Å². The molecular formula is C12H20O4. The Balaban J connectivity index is 2.60. The summed E-state index contributed by atoms with van der Waals surface area (Å²) in [5.74, 6) is 0.0795. The van der Waals surface area contributed by atoms with E-state index in [1.165, 1.54) is 0 Å². The van der Waals surface area contributed by atoms with Gasteiger partial charge < -0.3 is 4.89 Å². The smallest absolute Gasteiger partial charge is 0.301 e. The Morgan fingerprint density at radius 3 is 2.56 bits per heavy atom. The lowest BCUT2D eigenvalue weighted by Gasteiger charge is -2.32. The van der Waals surface area contributed by atoms with Crippen LogP contribution in [0.25, 0.3) is 0 Å². The molecule has 0 aliphatic heterocycles. The van der Waals surface area contributed by atoms with Crippen molar-refractivity contribution in [1.29, 1.82) is 0 Å². The molecule has 0 unspecified atom stereocenters. The lowest BCUT2D eigenvalue weighted by molar-refractivity contribution is -0.319. The molecule has 0 spiro atoms. The van der Waals surface area contributed by atoms with Gasteiger partial charge in [0.2, 0.25) is 0 Å². The molecule has 0 aromatic carbocycles. The van der Waals surface area contributed by atoms with Crippen molar-refractivity contribution in [3.63, 3.8) is 0 Å². The van der Waals surface area contributed by atoms with Crippen molar-refractivity contribution < 1.29 is 19.4 Å². The van der Waals surface area contributed by atoms with Gasteiger partial charge in [-0.25, -0.2) is 0 Å². The predicted octanol–water partition coefficient (Wildman–Crippen LogP) is 2.55. The maximum absolute atomic E-state index is 12.1. The molecule has 0 atom stereocenters. The van der Waals surface area contributed by atoms with Gasteiger partial charge in [-0.1, -0.05) is 19.8 Å². The monoisotopic (exact) mass is 228 g/mol. The Kier molecular flexibility index (Phi) is 5.46. The first-order chi connectivity index (χ1) is 7.75. The fourth-order valence-electron chi connectivity index (χ4n) is 2.21. The van der Waals surface area contributed by atoms with Gasteiger partial charge in [0.15, 0.2) is 11.4 Å². The van der Waals surface area contributed by atoms with Crippen LogP contribution in [0.4, 0.5) is 0 Å². The molecule has 0 aromatic rings. The van der Waals surface area contributed by atoms with E-state index in [9.17, 15) is 9.59 Å². The number of ketones is 1. The summed E-state index contributed by atoms with van der Waals surface area (Å²) in [4.78, 5) is 31.7. The summed E-state index contributed by atoms with van der Waals surface area (Å²) in [5.41, 5.74) is -0.853. The molecule has 0 radical (unpaired) electrons. The summed E-state index contributed by atoms with van der Waals surface area (Å²) in [6, 6.07) is 0. The number of carbonyl (C=O) groups excluding carboxylic acids is 2. The predicted molar refractivity (Wildman–Crippen MR) is 58.6 cm³/mol. The normalized spacial score (nSPS) is 19.1. The zero-order chi connectivity index (χ0) is 11.9. The van der Waals surface area contributed by atoms with Gasteiger partial charge in [0.25, 0.3) is 0 Å². The van der Waals surface area contributed by atoms with Crippen molar-refractivity contribution in [1.82, 2.24) is 0 Å². The van der Waals surface area contributed by atoms with Crippen LogP contribution in [0.1, 0.15) is 58.3 Å². The lowest BCUT2D eigenvalue weighted by Crippen LogP contribution is -2.43. The molecule has 0 amide bonds. The highest BCUT2D eigenvalue weighted by molar-refractivity contribution is 5.87. The Labute approximate surface area is 96.2 Å². The van der Waals surface area contributed by atoms with E-state index < -0.39 is 5.60 Å². The second kappa shape index (κ2) is 6.63. The van der Waals surface area contributed by atoms with E-state index in [2.05, 4.69) is 4.89 Å². The second-order valence-electron chi connectivity index (χ2n) is 4.36. The van der Waals surface area contributed by atoms with Crippen LogP contribution in [0, 0.1) is 0 Å². The summed E-state index contributed by atoms with van der Waals surface area (Å²) in [6.45, 7) is 2.28. The van der Waals surface area contributed by atoms with Crippen molar-refractivity contribution in [3.8, 4) is 0 Å². The quantitative estimate of drug-likeness (QED) is 0.382. The van der Waals surface area contributed by atoms with Gasteiger partial charge in [0, 0.05) is 6.42 Å². The molecule has 0 bridgehead atoms. The Bertz CT molecular complexity index is 231. The molecule has 92 valence electrons. The molecule has 0 saturated heterocycles. The summed E-state index contributed by atoms with van der Waals surface area (Å²) >= 11 is 0. The van der Waals surface area contributed by atoms with E-state index in [-0.39, 0.29) is 12.3 Å². The van der Waals surface area contributed by atoms with E-state index >= 15 is 0 Å². The lowest BCUT2D eigenvalue weighted by atomic mass is 9.80. The fourth-order valence-corrected chi connectivity index (χ4v) is 2.21. The standard InChI is InChI=1S/C12H20O4/c1-2-3-7-11(14)12(16-15-10-13)8-5-4-6-9-12/h10H,2-9H2,1H3. The van der Waals surface area contributed by atoms with E-state index in [0.717, 1.165) is 32.1 Å². The van der Waals surface area contributed by atoms with E-state index in [4.69, 9.17) is 4.89 Å². The van der Waals surface area contributed by atoms with Crippen LogP contribution >= 0.6 is 0 Å². The van der Waals surface area contributed by atoms with Crippen LogP contribution in [0.3, 0.4) is 0 Å². The maximum Gasteiger partial charge on any atom is 0.330 e. The van der Waals surface area contributed by atoms with Crippen molar-refractivity contribution in [3.05, 3.63) is 0 Å². The average molecular weight is 228 g/mol. The van der Waals surface area contributed by atoms with Crippen LogP contribution in [0.2, 0.25) is 0 Å². The third-order valence-corrected chi connectivity index (χ3v) is 3.17. The van der Waals surface area contributed by atoms with Gasteiger partial charge in [-0.3, -0.25) is 9.59 Å². The minimum atomic E-state index is -0.853. The first-order valence-electron chi connectivity index (χ1n) is 6.06. The van der Waals surface area contributed by atoms with Crippen molar-refractivity contribution >= 4 is 12.3 Å². The van der Waals surface area contributed by atoms with Gasteiger partial charge in [-0.05, 0) is 32.1 Å². The zero-order valence-electron chi connectivity index (χ0n) is 9.87. The van der Waals surface area contributed by atoms with Crippen LogP contribution in [0.5, 0.6) is 0 Å². The number of hydrogen-bond acceptors (Lipinski definition) is 4. The second-order valence-corrected chi connectivity index (χ2v) is 4.36. The molecule has 0 heterocycles. The fraction of sp³-hybridized carbons (Fsp3) is 0.833. The van der Waals surface area contributed by atoms with E-state index in [0.29, 0.717) is 19.3 Å². The molecule has 0 N–H and O–H groups in total. The molecule has 1 rings (SSSR count). The maximum atomic E-state index is 12.1. The number of unbranched alkanes of at least 4 members (excludes halogenated alkanes) is 1. The van der Waals surface area contributed by atoms with Crippen LogP contribution in [-0.2, 0) is 19.4 Å². The number of rotatable bonds is 7. The summed E-state index contributed by atoms with van der Waals surface area (Å²) in [7, 11) is 0. The molecule has 1 aliphatic carbocycles. The highest BCUT2D eigenvalue weighted by Crippen LogP contribution is 2.33. The topological polar surface area (TPSA) is 52.6 Å². The number of carbonyl (C=O) groups is 2. The zero-order valence-corrected chi connectivity index (χ0v) is 9.87. The van der Waals surface area contributed by atoms with Crippen molar-refractivity contribution in [2.24, 2.45) is 0 Å². The summed E-state index contributed by atoms with van der Waals surface area (Å²) in [5, 5.41) is 0. The number of hydrogen-bond donors (Lipinski definition) is 0. The SMILES string of the molecule is CCCCC(=O)C1(OOC=O)CCCCC1.